The van der Waals surface area contributed by atoms with Gasteiger partial charge in [-0.15, -0.1) is 0 Å². The van der Waals surface area contributed by atoms with Gasteiger partial charge in [0.2, 0.25) is 0 Å². The number of aromatic nitrogens is 2. The van der Waals surface area contributed by atoms with Crippen molar-refractivity contribution < 1.29 is 9.53 Å². The minimum atomic E-state index is -0.360. The lowest BCUT2D eigenvalue weighted by atomic mass is 10.1. The van der Waals surface area contributed by atoms with Crippen LogP contribution in [0.2, 0.25) is 0 Å². The molecular formula is C25H31N5O2. The summed E-state index contributed by atoms with van der Waals surface area (Å²) in [6.45, 7) is 4.19. The number of aryl methyl sites for hydroxylation is 1. The van der Waals surface area contributed by atoms with Crippen molar-refractivity contribution in [2.45, 2.75) is 19.0 Å². The molecule has 7 nitrogen and oxygen atoms in total. The van der Waals surface area contributed by atoms with Gasteiger partial charge in [0, 0.05) is 52.2 Å². The molecule has 1 atom stereocenters. The molecule has 1 aliphatic rings. The third-order valence-corrected chi connectivity index (χ3v) is 5.94. The lowest BCUT2D eigenvalue weighted by Crippen LogP contribution is -2.44. The molecule has 168 valence electrons. The van der Waals surface area contributed by atoms with Crippen LogP contribution in [-0.4, -0.2) is 58.7 Å². The highest BCUT2D eigenvalue weighted by atomic mass is 16.5. The summed E-state index contributed by atoms with van der Waals surface area (Å²) >= 11 is 0. The van der Waals surface area contributed by atoms with Crippen molar-refractivity contribution in [3.05, 3.63) is 83.9 Å². The van der Waals surface area contributed by atoms with Gasteiger partial charge in [-0.2, -0.15) is 0 Å². The number of rotatable bonds is 6. The number of urea groups is 1. The summed E-state index contributed by atoms with van der Waals surface area (Å²) in [6.07, 6.45) is 4.59. The molecule has 1 saturated heterocycles. The molecule has 0 aliphatic carbocycles. The Hall–Kier alpha value is -3.32. The largest absolute Gasteiger partial charge is 0.497 e. The molecule has 0 bridgehead atoms. The maximum atomic E-state index is 13.3. The summed E-state index contributed by atoms with van der Waals surface area (Å²) in [5.74, 6) is 1.54. The van der Waals surface area contributed by atoms with Crippen LogP contribution in [0.3, 0.4) is 0 Å². The van der Waals surface area contributed by atoms with E-state index in [1.807, 2.05) is 53.0 Å². The second-order valence-electron chi connectivity index (χ2n) is 8.16. The number of nitrogens with one attached hydrogen (secondary N) is 1. The molecule has 1 unspecified atom stereocenters. The van der Waals surface area contributed by atoms with Gasteiger partial charge in [0.05, 0.1) is 7.11 Å². The highest BCUT2D eigenvalue weighted by Gasteiger charge is 2.25. The molecule has 7 heteroatoms. The molecule has 0 radical (unpaired) electrons. The van der Waals surface area contributed by atoms with Crippen molar-refractivity contribution >= 4 is 6.03 Å². The molecule has 4 rings (SSSR count). The summed E-state index contributed by atoms with van der Waals surface area (Å²) in [5.41, 5.74) is 2.24. The third kappa shape index (κ3) is 5.29. The number of methoxy groups -OCH3 is 1. The summed E-state index contributed by atoms with van der Waals surface area (Å²) < 4.78 is 7.33. The number of ether oxygens (including phenoxy) is 1. The maximum absolute atomic E-state index is 13.3. The van der Waals surface area contributed by atoms with Gasteiger partial charge in [0.1, 0.15) is 17.6 Å². The Morgan fingerprint density at radius 2 is 1.94 bits per heavy atom. The van der Waals surface area contributed by atoms with E-state index in [0.717, 1.165) is 49.7 Å². The molecule has 0 saturated carbocycles. The van der Waals surface area contributed by atoms with Crippen molar-refractivity contribution in [1.29, 1.82) is 0 Å². The van der Waals surface area contributed by atoms with Crippen LogP contribution < -0.4 is 10.1 Å². The number of benzene rings is 2. The van der Waals surface area contributed by atoms with E-state index in [4.69, 9.17) is 4.74 Å². The fourth-order valence-electron chi connectivity index (χ4n) is 4.16. The molecule has 2 amide bonds. The van der Waals surface area contributed by atoms with Gasteiger partial charge in [-0.1, -0.05) is 42.5 Å². The second-order valence-corrected chi connectivity index (χ2v) is 8.16. The van der Waals surface area contributed by atoms with E-state index >= 15 is 0 Å². The van der Waals surface area contributed by atoms with Crippen LogP contribution in [0.1, 0.15) is 29.4 Å². The Kier molecular flexibility index (Phi) is 7.07. The van der Waals surface area contributed by atoms with E-state index in [1.54, 1.807) is 13.3 Å². The van der Waals surface area contributed by atoms with Gasteiger partial charge in [-0.05, 0) is 29.7 Å². The van der Waals surface area contributed by atoms with Gasteiger partial charge >= 0.3 is 6.03 Å². The number of nitrogens with zero attached hydrogens (tertiary/aromatic N) is 4. The van der Waals surface area contributed by atoms with E-state index < -0.39 is 0 Å². The fourth-order valence-corrected chi connectivity index (χ4v) is 4.16. The van der Waals surface area contributed by atoms with Gasteiger partial charge < -0.3 is 19.5 Å². The van der Waals surface area contributed by atoms with Crippen LogP contribution in [0.4, 0.5) is 4.79 Å². The van der Waals surface area contributed by atoms with Crippen LogP contribution in [0.15, 0.2) is 67.0 Å². The normalized spacial score (nSPS) is 15.8. The van der Waals surface area contributed by atoms with Gasteiger partial charge in [-0.3, -0.25) is 4.90 Å². The average Bonchev–Trinajstić information content (AvgIpc) is 3.10. The zero-order valence-corrected chi connectivity index (χ0v) is 18.8. The first-order valence-electron chi connectivity index (χ1n) is 11.1. The number of hydrogen-bond donors (Lipinski definition) is 1. The third-order valence-electron chi connectivity index (χ3n) is 5.94. The average molecular weight is 434 g/mol. The number of carbonyl (C=O) groups is 1. The lowest BCUT2D eigenvalue weighted by molar-refractivity contribution is 0.194. The monoisotopic (exact) mass is 433 g/mol. The first-order chi connectivity index (χ1) is 15.6. The van der Waals surface area contributed by atoms with Crippen LogP contribution in [-0.2, 0) is 13.6 Å². The molecule has 1 N–H and O–H groups in total. The molecule has 2 aromatic carbocycles. The summed E-state index contributed by atoms with van der Waals surface area (Å²) in [7, 11) is 3.58. The molecule has 0 spiro atoms. The van der Waals surface area contributed by atoms with Gasteiger partial charge in [0.15, 0.2) is 0 Å². The molecule has 1 aromatic heterocycles. The maximum Gasteiger partial charge on any atom is 0.318 e. The molecule has 2 heterocycles. The molecule has 32 heavy (non-hydrogen) atoms. The highest BCUT2D eigenvalue weighted by molar-refractivity contribution is 5.75. The van der Waals surface area contributed by atoms with Crippen LogP contribution in [0, 0.1) is 0 Å². The van der Waals surface area contributed by atoms with E-state index in [0.29, 0.717) is 6.54 Å². The second kappa shape index (κ2) is 10.3. The smallest absolute Gasteiger partial charge is 0.318 e. The van der Waals surface area contributed by atoms with E-state index in [9.17, 15) is 4.79 Å². The zero-order chi connectivity index (χ0) is 22.3. The predicted molar refractivity (Wildman–Crippen MR) is 124 cm³/mol. The Morgan fingerprint density at radius 1 is 1.09 bits per heavy atom. The number of imidazole rings is 1. The highest BCUT2D eigenvalue weighted by Crippen LogP contribution is 2.24. The van der Waals surface area contributed by atoms with Crippen LogP contribution >= 0.6 is 0 Å². The topological polar surface area (TPSA) is 62.6 Å². The zero-order valence-electron chi connectivity index (χ0n) is 18.8. The number of amides is 2. The van der Waals surface area contributed by atoms with E-state index in [-0.39, 0.29) is 12.1 Å². The lowest BCUT2D eigenvalue weighted by Gasteiger charge is -2.26. The number of carbonyl (C=O) groups excluding carboxylic acids is 1. The summed E-state index contributed by atoms with van der Waals surface area (Å²) in [6, 6.07) is 17.8. The first kappa shape index (κ1) is 21.9. The van der Waals surface area contributed by atoms with Gasteiger partial charge in [-0.25, -0.2) is 9.78 Å². The quantitative estimate of drug-likeness (QED) is 0.647. The van der Waals surface area contributed by atoms with Gasteiger partial charge in [0.25, 0.3) is 0 Å². The molecular weight excluding hydrogens is 402 g/mol. The van der Waals surface area contributed by atoms with Crippen molar-refractivity contribution in [3.63, 3.8) is 0 Å². The van der Waals surface area contributed by atoms with Crippen LogP contribution in [0.25, 0.3) is 0 Å². The van der Waals surface area contributed by atoms with Crippen molar-refractivity contribution in [2.75, 3.05) is 33.3 Å². The SMILES string of the molecule is COc1cccc(C(NC(=O)N2CCCN(Cc3ccccc3)CC2)c2nccn2C)c1. The summed E-state index contributed by atoms with van der Waals surface area (Å²) in [5, 5.41) is 3.22. The molecule has 3 aromatic rings. The Morgan fingerprint density at radius 3 is 2.69 bits per heavy atom. The number of hydrogen-bond acceptors (Lipinski definition) is 4. The Balaban J connectivity index is 1.45. The standard InChI is InChI=1S/C25H31N5O2/c1-28-15-12-26-24(28)23(21-10-6-11-22(18-21)32-2)27-25(31)30-14-7-13-29(16-17-30)19-20-8-4-3-5-9-20/h3-6,8-12,15,18,23H,7,13-14,16-17,19H2,1-2H3,(H,27,31). The minimum absolute atomic E-state index is 0.0672. The summed E-state index contributed by atoms with van der Waals surface area (Å²) in [4.78, 5) is 22.1. The Labute approximate surface area is 189 Å². The molecule has 1 aliphatic heterocycles. The van der Waals surface area contributed by atoms with E-state index in [1.165, 1.54) is 5.56 Å². The fraction of sp³-hybridized carbons (Fsp3) is 0.360. The van der Waals surface area contributed by atoms with E-state index in [2.05, 4.69) is 39.5 Å². The molecule has 1 fully saturated rings. The van der Waals surface area contributed by atoms with Crippen molar-refractivity contribution in [2.24, 2.45) is 7.05 Å². The first-order valence-corrected chi connectivity index (χ1v) is 11.1. The van der Waals surface area contributed by atoms with Crippen molar-refractivity contribution in [3.8, 4) is 5.75 Å². The van der Waals surface area contributed by atoms with Crippen molar-refractivity contribution in [1.82, 2.24) is 24.7 Å². The predicted octanol–water partition coefficient (Wildman–Crippen LogP) is 3.44. The minimum Gasteiger partial charge on any atom is -0.497 e. The van der Waals surface area contributed by atoms with Crippen LogP contribution in [0.5, 0.6) is 5.75 Å². The Bertz CT molecular complexity index is 1020.